The Balaban J connectivity index is 1.82. The Morgan fingerprint density at radius 3 is 2.45 bits per heavy atom. The molecule has 0 radical (unpaired) electrons. The number of rotatable bonds is 2. The van der Waals surface area contributed by atoms with Crippen LogP contribution in [0.1, 0.15) is 32.1 Å². The van der Waals surface area contributed by atoms with E-state index >= 15 is 0 Å². The molecule has 0 aromatic rings. The minimum atomic E-state index is -0.0498. The first-order valence-electron chi connectivity index (χ1n) is 4.79. The molecule has 1 heterocycles. The Morgan fingerprint density at radius 1 is 1.18 bits per heavy atom. The molecule has 1 saturated heterocycles. The molecule has 64 valence electrons. The van der Waals surface area contributed by atoms with Crippen LogP contribution >= 0.6 is 0 Å². The van der Waals surface area contributed by atoms with E-state index in [4.69, 9.17) is 0 Å². The molecular formula is C9H17NO. The smallest absolute Gasteiger partial charge is 0.0721 e. The number of aliphatic hydroxyl groups is 1. The van der Waals surface area contributed by atoms with Crippen molar-refractivity contribution in [1.29, 1.82) is 0 Å². The molecular weight excluding hydrogens is 138 g/mol. The van der Waals surface area contributed by atoms with Crippen molar-refractivity contribution in [1.82, 2.24) is 5.32 Å². The van der Waals surface area contributed by atoms with Gasteiger partial charge in [0.2, 0.25) is 0 Å². The largest absolute Gasteiger partial charge is 0.391 e. The van der Waals surface area contributed by atoms with Gasteiger partial charge in [0, 0.05) is 6.04 Å². The maximum absolute atomic E-state index is 9.81. The Morgan fingerprint density at radius 2 is 2.00 bits per heavy atom. The highest BCUT2D eigenvalue weighted by atomic mass is 16.3. The lowest BCUT2D eigenvalue weighted by molar-refractivity contribution is 0.0363. The summed E-state index contributed by atoms with van der Waals surface area (Å²) in [5.41, 5.74) is 0. The molecule has 0 bridgehead atoms. The van der Waals surface area contributed by atoms with Crippen molar-refractivity contribution < 1.29 is 5.11 Å². The number of hydrogen-bond donors (Lipinski definition) is 2. The second-order valence-corrected chi connectivity index (χ2v) is 3.88. The molecule has 1 aliphatic carbocycles. The van der Waals surface area contributed by atoms with E-state index < -0.39 is 0 Å². The van der Waals surface area contributed by atoms with Crippen molar-refractivity contribution >= 4 is 0 Å². The lowest BCUT2D eigenvalue weighted by Gasteiger charge is -2.33. The van der Waals surface area contributed by atoms with Crippen LogP contribution in [0, 0.1) is 5.92 Å². The molecule has 0 spiro atoms. The van der Waals surface area contributed by atoms with Gasteiger partial charge in [-0.25, -0.2) is 0 Å². The zero-order valence-corrected chi connectivity index (χ0v) is 6.92. The number of nitrogens with one attached hydrogen (secondary N) is 1. The van der Waals surface area contributed by atoms with Gasteiger partial charge in [0.05, 0.1) is 6.10 Å². The van der Waals surface area contributed by atoms with Gasteiger partial charge in [-0.2, -0.15) is 0 Å². The molecule has 1 aliphatic heterocycles. The summed E-state index contributed by atoms with van der Waals surface area (Å²) in [5.74, 6) is 0.616. The van der Waals surface area contributed by atoms with Gasteiger partial charge in [-0.1, -0.05) is 6.42 Å². The van der Waals surface area contributed by atoms with Crippen molar-refractivity contribution in [2.24, 2.45) is 5.92 Å². The minimum absolute atomic E-state index is 0.0498. The Labute approximate surface area is 68.0 Å². The highest BCUT2D eigenvalue weighted by Crippen LogP contribution is 2.32. The Hall–Kier alpha value is -0.0800. The van der Waals surface area contributed by atoms with E-state index in [-0.39, 0.29) is 6.10 Å². The van der Waals surface area contributed by atoms with Gasteiger partial charge in [0.15, 0.2) is 0 Å². The van der Waals surface area contributed by atoms with Crippen molar-refractivity contribution in [3.63, 3.8) is 0 Å². The molecule has 2 fully saturated rings. The van der Waals surface area contributed by atoms with Gasteiger partial charge >= 0.3 is 0 Å². The summed E-state index contributed by atoms with van der Waals surface area (Å²) in [5, 5.41) is 13.2. The number of hydrogen-bond acceptors (Lipinski definition) is 2. The normalized spacial score (nSPS) is 35.2. The highest BCUT2D eigenvalue weighted by Gasteiger charge is 2.32. The first-order valence-corrected chi connectivity index (χ1v) is 4.79. The van der Waals surface area contributed by atoms with Crippen molar-refractivity contribution in [2.45, 2.75) is 44.2 Å². The van der Waals surface area contributed by atoms with Gasteiger partial charge in [0.25, 0.3) is 0 Å². The van der Waals surface area contributed by atoms with E-state index in [1.807, 2.05) is 0 Å². The second kappa shape index (κ2) is 3.11. The molecule has 2 nitrogen and oxygen atoms in total. The lowest BCUT2D eigenvalue weighted by Crippen LogP contribution is -2.42. The molecule has 0 aromatic heterocycles. The summed E-state index contributed by atoms with van der Waals surface area (Å²) in [4.78, 5) is 0. The standard InChI is InChI=1S/C9H17NO/c11-9(7-3-1-4-7)8-5-2-6-10-8/h7-11H,1-6H2. The zero-order valence-electron chi connectivity index (χ0n) is 6.92. The fraction of sp³-hybridized carbons (Fsp3) is 1.00. The van der Waals surface area contributed by atoms with Gasteiger partial charge in [-0.05, 0) is 38.1 Å². The van der Waals surface area contributed by atoms with Crippen LogP contribution in [0.5, 0.6) is 0 Å². The van der Waals surface area contributed by atoms with Crippen LogP contribution in [0.3, 0.4) is 0 Å². The van der Waals surface area contributed by atoms with E-state index in [1.54, 1.807) is 0 Å². The molecule has 2 atom stereocenters. The SMILES string of the molecule is OC(C1CCC1)C1CCCN1. The van der Waals surface area contributed by atoms with E-state index in [0.717, 1.165) is 6.54 Å². The van der Waals surface area contributed by atoms with Gasteiger partial charge in [0.1, 0.15) is 0 Å². The third-order valence-corrected chi connectivity index (χ3v) is 3.14. The first kappa shape index (κ1) is 7.56. The average molecular weight is 155 g/mol. The summed E-state index contributed by atoms with van der Waals surface area (Å²) >= 11 is 0. The van der Waals surface area contributed by atoms with E-state index in [2.05, 4.69) is 5.32 Å². The second-order valence-electron chi connectivity index (χ2n) is 3.88. The molecule has 2 N–H and O–H groups in total. The Bertz CT molecular complexity index is 128. The van der Waals surface area contributed by atoms with Crippen molar-refractivity contribution in [3.8, 4) is 0 Å². The maximum Gasteiger partial charge on any atom is 0.0721 e. The summed E-state index contributed by atoms with van der Waals surface area (Å²) in [6.07, 6.45) is 6.20. The lowest BCUT2D eigenvalue weighted by atomic mass is 9.78. The Kier molecular flexibility index (Phi) is 2.14. The molecule has 11 heavy (non-hydrogen) atoms. The van der Waals surface area contributed by atoms with Crippen LogP contribution in [-0.4, -0.2) is 23.8 Å². The van der Waals surface area contributed by atoms with Crippen LogP contribution in [0.25, 0.3) is 0 Å². The van der Waals surface area contributed by atoms with Gasteiger partial charge < -0.3 is 10.4 Å². The van der Waals surface area contributed by atoms with Crippen LogP contribution in [0.2, 0.25) is 0 Å². The van der Waals surface area contributed by atoms with E-state index in [1.165, 1.54) is 32.1 Å². The molecule has 2 rings (SSSR count). The minimum Gasteiger partial charge on any atom is -0.391 e. The summed E-state index contributed by atoms with van der Waals surface area (Å²) in [6, 6.07) is 0.417. The molecule has 2 heteroatoms. The zero-order chi connectivity index (χ0) is 7.68. The van der Waals surface area contributed by atoms with Gasteiger partial charge in [-0.3, -0.25) is 0 Å². The fourth-order valence-corrected chi connectivity index (χ4v) is 2.11. The predicted octanol–water partition coefficient (Wildman–Crippen LogP) is 0.899. The predicted molar refractivity (Wildman–Crippen MR) is 44.4 cm³/mol. The van der Waals surface area contributed by atoms with Crippen LogP contribution in [0.15, 0.2) is 0 Å². The molecule has 2 unspecified atom stereocenters. The third-order valence-electron chi connectivity index (χ3n) is 3.14. The van der Waals surface area contributed by atoms with Crippen LogP contribution in [-0.2, 0) is 0 Å². The van der Waals surface area contributed by atoms with E-state index in [9.17, 15) is 5.11 Å². The average Bonchev–Trinajstić information content (AvgIpc) is 2.32. The van der Waals surface area contributed by atoms with Crippen molar-refractivity contribution in [3.05, 3.63) is 0 Å². The summed E-state index contributed by atoms with van der Waals surface area (Å²) in [6.45, 7) is 1.11. The maximum atomic E-state index is 9.81. The fourth-order valence-electron chi connectivity index (χ4n) is 2.11. The summed E-state index contributed by atoms with van der Waals surface area (Å²) < 4.78 is 0. The topological polar surface area (TPSA) is 32.3 Å². The molecule has 0 amide bonds. The van der Waals surface area contributed by atoms with Crippen LogP contribution < -0.4 is 5.32 Å². The summed E-state index contributed by atoms with van der Waals surface area (Å²) in [7, 11) is 0. The van der Waals surface area contributed by atoms with Gasteiger partial charge in [-0.15, -0.1) is 0 Å². The third kappa shape index (κ3) is 1.42. The van der Waals surface area contributed by atoms with E-state index in [0.29, 0.717) is 12.0 Å². The molecule has 1 saturated carbocycles. The van der Waals surface area contributed by atoms with Crippen molar-refractivity contribution in [2.75, 3.05) is 6.54 Å². The number of aliphatic hydroxyl groups excluding tert-OH is 1. The molecule has 0 aromatic carbocycles. The van der Waals surface area contributed by atoms with Crippen LogP contribution in [0.4, 0.5) is 0 Å². The monoisotopic (exact) mass is 155 g/mol. The highest BCUT2D eigenvalue weighted by molar-refractivity contribution is 4.88. The quantitative estimate of drug-likeness (QED) is 0.621. The molecule has 2 aliphatic rings. The first-order chi connectivity index (χ1) is 5.38.